The van der Waals surface area contributed by atoms with E-state index in [4.69, 9.17) is 5.73 Å². The van der Waals surface area contributed by atoms with Crippen molar-refractivity contribution in [2.24, 2.45) is 5.73 Å². The van der Waals surface area contributed by atoms with E-state index in [1.54, 1.807) is 6.07 Å². The maximum absolute atomic E-state index is 12.8. The number of aromatic nitrogens is 1. The van der Waals surface area contributed by atoms with Gasteiger partial charge in [0, 0.05) is 6.20 Å². The van der Waals surface area contributed by atoms with E-state index in [1.165, 1.54) is 12.3 Å². The van der Waals surface area contributed by atoms with E-state index < -0.39 is 17.6 Å². The normalized spacial score (nSPS) is 16.0. The molecule has 0 atom stereocenters. The lowest BCUT2D eigenvalue weighted by atomic mass is 10.1. The Hall–Kier alpha value is -2.07. The average molecular weight is 283 g/mol. The highest BCUT2D eigenvalue weighted by molar-refractivity contribution is 5.95. The first-order valence-electron chi connectivity index (χ1n) is 5.93. The second-order valence-corrected chi connectivity index (χ2v) is 4.44. The van der Waals surface area contributed by atoms with E-state index in [9.17, 15) is 18.0 Å². The number of carbonyl (C=O) groups excluding carboxylic acids is 1. The van der Waals surface area contributed by atoms with Gasteiger partial charge >= 0.3 is 6.18 Å². The van der Waals surface area contributed by atoms with Gasteiger partial charge in [0.15, 0.2) is 0 Å². The number of pyridine rings is 1. The monoisotopic (exact) mass is 283 g/mol. The largest absolute Gasteiger partial charge is 0.411 e. The molecule has 1 aliphatic carbocycles. The van der Waals surface area contributed by atoms with Crippen LogP contribution in [0.1, 0.15) is 28.9 Å². The minimum Gasteiger partial charge on any atom is -0.336 e. The van der Waals surface area contributed by atoms with Crippen molar-refractivity contribution >= 4 is 5.91 Å². The molecule has 1 aliphatic rings. The number of hydrogen-bond acceptors (Lipinski definition) is 3. The molecule has 1 aromatic rings. The van der Waals surface area contributed by atoms with Crippen LogP contribution in [0.5, 0.6) is 0 Å². The SMILES string of the molecule is NCC#Cc1cccnc1C(=O)NC1(C(F)(F)F)CC1. The highest BCUT2D eigenvalue weighted by atomic mass is 19.4. The van der Waals surface area contributed by atoms with Crippen molar-refractivity contribution in [3.63, 3.8) is 0 Å². The summed E-state index contributed by atoms with van der Waals surface area (Å²) in [5, 5.41) is 2.01. The van der Waals surface area contributed by atoms with Gasteiger partial charge in [-0.15, -0.1) is 0 Å². The van der Waals surface area contributed by atoms with E-state index in [1.807, 2.05) is 5.32 Å². The maximum Gasteiger partial charge on any atom is 0.411 e. The van der Waals surface area contributed by atoms with Crippen molar-refractivity contribution in [3.05, 3.63) is 29.6 Å². The van der Waals surface area contributed by atoms with Gasteiger partial charge in [-0.05, 0) is 25.0 Å². The second-order valence-electron chi connectivity index (χ2n) is 4.44. The topological polar surface area (TPSA) is 68.0 Å². The molecule has 0 radical (unpaired) electrons. The molecule has 106 valence electrons. The Kier molecular flexibility index (Phi) is 3.68. The Morgan fingerprint density at radius 1 is 1.50 bits per heavy atom. The quantitative estimate of drug-likeness (QED) is 0.802. The lowest BCUT2D eigenvalue weighted by molar-refractivity contribution is -0.163. The van der Waals surface area contributed by atoms with Gasteiger partial charge in [0.25, 0.3) is 5.91 Å². The summed E-state index contributed by atoms with van der Waals surface area (Å²) < 4.78 is 38.4. The molecule has 0 spiro atoms. The van der Waals surface area contributed by atoms with Crippen LogP contribution in [0.4, 0.5) is 13.2 Å². The van der Waals surface area contributed by atoms with Gasteiger partial charge in [0.2, 0.25) is 0 Å². The van der Waals surface area contributed by atoms with Gasteiger partial charge in [0.1, 0.15) is 11.2 Å². The molecule has 0 saturated heterocycles. The van der Waals surface area contributed by atoms with Gasteiger partial charge < -0.3 is 11.1 Å². The van der Waals surface area contributed by atoms with Crippen LogP contribution in [-0.2, 0) is 0 Å². The first-order valence-corrected chi connectivity index (χ1v) is 5.93. The Morgan fingerprint density at radius 2 is 2.20 bits per heavy atom. The van der Waals surface area contributed by atoms with Gasteiger partial charge in [0.05, 0.1) is 12.1 Å². The van der Waals surface area contributed by atoms with Crippen LogP contribution in [0.25, 0.3) is 0 Å². The molecule has 4 nitrogen and oxygen atoms in total. The van der Waals surface area contributed by atoms with Gasteiger partial charge in [-0.1, -0.05) is 11.8 Å². The Labute approximate surface area is 113 Å². The summed E-state index contributed by atoms with van der Waals surface area (Å²) in [4.78, 5) is 15.8. The van der Waals surface area contributed by atoms with Crippen LogP contribution in [0.2, 0.25) is 0 Å². The number of nitrogens with zero attached hydrogens (tertiary/aromatic N) is 1. The fraction of sp³-hybridized carbons (Fsp3) is 0.385. The molecule has 7 heteroatoms. The van der Waals surface area contributed by atoms with E-state index >= 15 is 0 Å². The Bertz CT molecular complexity index is 583. The van der Waals surface area contributed by atoms with Crippen LogP contribution < -0.4 is 11.1 Å². The number of nitrogens with two attached hydrogens (primary N) is 1. The number of amides is 1. The van der Waals surface area contributed by atoms with Crippen molar-refractivity contribution in [2.75, 3.05) is 6.54 Å². The number of hydrogen-bond donors (Lipinski definition) is 2. The van der Waals surface area contributed by atoms with Gasteiger partial charge in [-0.2, -0.15) is 13.2 Å². The smallest absolute Gasteiger partial charge is 0.336 e. The summed E-state index contributed by atoms with van der Waals surface area (Å²) in [6, 6.07) is 3.06. The highest BCUT2D eigenvalue weighted by Crippen LogP contribution is 2.49. The van der Waals surface area contributed by atoms with Crippen molar-refractivity contribution in [1.29, 1.82) is 0 Å². The summed E-state index contributed by atoms with van der Waals surface area (Å²) in [7, 11) is 0. The first-order chi connectivity index (χ1) is 9.39. The van der Waals surface area contributed by atoms with Gasteiger partial charge in [-0.25, -0.2) is 4.98 Å². The molecule has 2 rings (SSSR count). The van der Waals surface area contributed by atoms with Crippen molar-refractivity contribution in [3.8, 4) is 11.8 Å². The zero-order valence-corrected chi connectivity index (χ0v) is 10.4. The third-order valence-electron chi connectivity index (χ3n) is 2.99. The molecular formula is C13H12F3N3O. The van der Waals surface area contributed by atoms with Crippen LogP contribution in [0.3, 0.4) is 0 Å². The third kappa shape index (κ3) is 2.75. The molecule has 1 saturated carbocycles. The molecule has 3 N–H and O–H groups in total. The Morgan fingerprint density at radius 3 is 2.75 bits per heavy atom. The van der Waals surface area contributed by atoms with Crippen LogP contribution in [0.15, 0.2) is 18.3 Å². The van der Waals surface area contributed by atoms with Crippen LogP contribution in [0, 0.1) is 11.8 Å². The second kappa shape index (κ2) is 5.13. The minimum atomic E-state index is -4.46. The standard InChI is InChI=1S/C13H12F3N3O/c14-13(15,16)12(5-6-12)19-11(20)10-9(3-1-7-17)4-2-8-18-10/h2,4,8H,5-7,17H2,(H,19,20). The van der Waals surface area contributed by atoms with E-state index in [0.29, 0.717) is 0 Å². The van der Waals surface area contributed by atoms with Crippen LogP contribution >= 0.6 is 0 Å². The zero-order valence-electron chi connectivity index (χ0n) is 10.4. The summed E-state index contributed by atoms with van der Waals surface area (Å²) in [5.74, 6) is 4.29. The molecule has 20 heavy (non-hydrogen) atoms. The predicted octanol–water partition coefficient (Wildman–Crippen LogP) is 1.22. The lowest BCUT2D eigenvalue weighted by Crippen LogP contribution is -2.48. The zero-order chi connectivity index (χ0) is 14.8. The molecule has 1 heterocycles. The third-order valence-corrected chi connectivity index (χ3v) is 2.99. The maximum atomic E-state index is 12.8. The molecule has 0 bridgehead atoms. The van der Waals surface area contributed by atoms with Crippen molar-refractivity contribution < 1.29 is 18.0 Å². The molecular weight excluding hydrogens is 271 g/mol. The average Bonchev–Trinajstić information content (AvgIpc) is 3.17. The molecule has 1 fully saturated rings. The summed E-state index contributed by atoms with van der Waals surface area (Å²) in [5.41, 5.74) is 3.25. The minimum absolute atomic E-state index is 0.0858. The van der Waals surface area contributed by atoms with E-state index in [2.05, 4.69) is 16.8 Å². The van der Waals surface area contributed by atoms with Crippen molar-refractivity contribution in [2.45, 2.75) is 24.6 Å². The van der Waals surface area contributed by atoms with Gasteiger partial charge in [-0.3, -0.25) is 4.79 Å². The molecule has 1 aromatic heterocycles. The summed E-state index contributed by atoms with van der Waals surface area (Å²) in [6.07, 6.45) is -3.35. The molecule has 0 unspecified atom stereocenters. The number of alkyl halides is 3. The molecule has 0 aliphatic heterocycles. The highest BCUT2D eigenvalue weighted by Gasteiger charge is 2.64. The number of carbonyl (C=O) groups is 1. The van der Waals surface area contributed by atoms with Crippen molar-refractivity contribution in [1.82, 2.24) is 10.3 Å². The molecule has 0 aromatic carbocycles. The van der Waals surface area contributed by atoms with E-state index in [-0.39, 0.29) is 30.6 Å². The lowest BCUT2D eigenvalue weighted by Gasteiger charge is -2.20. The summed E-state index contributed by atoms with van der Waals surface area (Å²) >= 11 is 0. The molecule has 1 amide bonds. The summed E-state index contributed by atoms with van der Waals surface area (Å²) in [6.45, 7) is 0.0858. The fourth-order valence-corrected chi connectivity index (χ4v) is 1.71. The number of nitrogens with one attached hydrogen (secondary N) is 1. The number of halogens is 3. The first kappa shape index (κ1) is 14.3. The number of rotatable bonds is 2. The fourth-order valence-electron chi connectivity index (χ4n) is 1.71. The van der Waals surface area contributed by atoms with E-state index in [0.717, 1.165) is 0 Å². The Balaban J connectivity index is 2.23. The van der Waals surface area contributed by atoms with Crippen LogP contribution in [-0.4, -0.2) is 29.2 Å². The predicted molar refractivity (Wildman–Crippen MR) is 65.7 cm³/mol.